The first-order chi connectivity index (χ1) is 13.2. The highest BCUT2D eigenvalue weighted by atomic mass is 79.9. The Labute approximate surface area is 172 Å². The number of amides is 1. The molecule has 2 aromatic carbocycles. The first-order valence-corrected chi connectivity index (χ1v) is 11.1. The van der Waals surface area contributed by atoms with Gasteiger partial charge in [-0.2, -0.15) is 0 Å². The van der Waals surface area contributed by atoms with Gasteiger partial charge in [-0.15, -0.1) is 0 Å². The Bertz CT molecular complexity index is 1020. The minimum atomic E-state index is -3.91. The van der Waals surface area contributed by atoms with Crippen molar-refractivity contribution in [2.24, 2.45) is 5.14 Å². The van der Waals surface area contributed by atoms with Gasteiger partial charge in [-0.05, 0) is 60.1 Å². The molecule has 3 rings (SSSR count). The number of carbonyl (C=O) groups is 1. The van der Waals surface area contributed by atoms with Crippen LogP contribution in [0.15, 0.2) is 39.7 Å². The van der Waals surface area contributed by atoms with Crippen LogP contribution in [0, 0.1) is 0 Å². The average molecular weight is 469 g/mol. The molecule has 0 bridgehead atoms. The summed E-state index contributed by atoms with van der Waals surface area (Å²) in [5.41, 5.74) is 2.03. The van der Waals surface area contributed by atoms with Crippen LogP contribution >= 0.6 is 15.9 Å². The van der Waals surface area contributed by atoms with Gasteiger partial charge in [-0.1, -0.05) is 0 Å². The molecule has 0 aromatic heterocycles. The van der Waals surface area contributed by atoms with Crippen molar-refractivity contribution in [1.29, 1.82) is 0 Å². The molecule has 1 atom stereocenters. The lowest BCUT2D eigenvalue weighted by molar-refractivity contribution is 0.0949. The molecule has 3 N–H and O–H groups in total. The topological polar surface area (TPSA) is 108 Å². The second-order valence-corrected chi connectivity index (χ2v) is 8.92. The summed E-state index contributed by atoms with van der Waals surface area (Å²) in [7, 11) is -3.91. The number of carbonyl (C=O) groups excluding carboxylic acids is 1. The van der Waals surface area contributed by atoms with E-state index < -0.39 is 15.9 Å². The van der Waals surface area contributed by atoms with Crippen LogP contribution in [-0.4, -0.2) is 27.0 Å². The molecule has 0 spiro atoms. The number of nitrogens with one attached hydrogen (secondary N) is 1. The highest BCUT2D eigenvalue weighted by molar-refractivity contribution is 9.10. The van der Waals surface area contributed by atoms with Gasteiger partial charge in [0, 0.05) is 28.6 Å². The number of fused-ring (bicyclic) bond motifs is 1. The maximum absolute atomic E-state index is 12.6. The predicted molar refractivity (Wildman–Crippen MR) is 108 cm³/mol. The number of sulfonamides is 1. The molecule has 28 heavy (non-hydrogen) atoms. The first-order valence-electron chi connectivity index (χ1n) is 8.74. The van der Waals surface area contributed by atoms with Gasteiger partial charge >= 0.3 is 0 Å². The van der Waals surface area contributed by atoms with E-state index in [1.807, 2.05) is 26.0 Å². The highest BCUT2D eigenvalue weighted by Crippen LogP contribution is 2.35. The molecular weight excluding hydrogens is 448 g/mol. The monoisotopic (exact) mass is 468 g/mol. The third kappa shape index (κ3) is 4.48. The van der Waals surface area contributed by atoms with Crippen molar-refractivity contribution in [3.05, 3.63) is 51.5 Å². The Morgan fingerprint density at radius 1 is 1.36 bits per heavy atom. The first kappa shape index (κ1) is 20.6. The van der Waals surface area contributed by atoms with Crippen molar-refractivity contribution >= 4 is 31.9 Å². The van der Waals surface area contributed by atoms with Crippen molar-refractivity contribution in [2.75, 3.05) is 6.61 Å². The molecule has 7 nitrogen and oxygen atoms in total. The molecule has 1 heterocycles. The summed E-state index contributed by atoms with van der Waals surface area (Å²) < 4.78 is 35.1. The van der Waals surface area contributed by atoms with Crippen molar-refractivity contribution in [3.63, 3.8) is 0 Å². The number of halogens is 1. The highest BCUT2D eigenvalue weighted by Gasteiger charge is 2.22. The SMILES string of the molecule is CCOc1cc2c(cc1CNC(=O)c1cc(S(N)(=O)=O)ccc1Br)O[C@H](C)C2. The zero-order valence-corrected chi connectivity index (χ0v) is 17.9. The van der Waals surface area contributed by atoms with Crippen LogP contribution < -0.4 is 19.9 Å². The molecule has 0 radical (unpaired) electrons. The van der Waals surface area contributed by atoms with E-state index in [0.717, 1.165) is 23.3 Å². The molecule has 150 valence electrons. The predicted octanol–water partition coefficient (Wildman–Crippen LogP) is 2.75. The Morgan fingerprint density at radius 2 is 2.11 bits per heavy atom. The van der Waals surface area contributed by atoms with Gasteiger partial charge in [0.2, 0.25) is 10.0 Å². The van der Waals surface area contributed by atoms with Gasteiger partial charge < -0.3 is 14.8 Å². The van der Waals surface area contributed by atoms with Crippen molar-refractivity contribution in [2.45, 2.75) is 37.8 Å². The van der Waals surface area contributed by atoms with E-state index in [-0.39, 0.29) is 23.1 Å². The maximum Gasteiger partial charge on any atom is 0.252 e. The van der Waals surface area contributed by atoms with Gasteiger partial charge in [0.05, 0.1) is 17.1 Å². The van der Waals surface area contributed by atoms with Gasteiger partial charge in [0.25, 0.3) is 5.91 Å². The summed E-state index contributed by atoms with van der Waals surface area (Å²) in [4.78, 5) is 12.5. The lowest BCUT2D eigenvalue weighted by Crippen LogP contribution is -2.24. The number of primary sulfonamides is 1. The summed E-state index contributed by atoms with van der Waals surface area (Å²) in [5, 5.41) is 7.95. The van der Waals surface area contributed by atoms with E-state index in [1.54, 1.807) is 0 Å². The average Bonchev–Trinajstić information content (AvgIpc) is 2.98. The zero-order valence-electron chi connectivity index (χ0n) is 15.5. The normalized spacial score (nSPS) is 15.6. The van der Waals surface area contributed by atoms with Gasteiger partial charge in [0.15, 0.2) is 0 Å². The Balaban J connectivity index is 1.83. The molecule has 0 saturated heterocycles. The standard InChI is InChI=1S/C19H21BrN2O5S/c1-3-26-17-7-12-6-11(2)27-18(12)8-13(17)10-22-19(23)15-9-14(28(21,24)25)4-5-16(15)20/h4-5,7-9,11H,3,6,10H2,1-2H3,(H,22,23)(H2,21,24,25)/t11-/m1/s1. The van der Waals surface area contributed by atoms with Gasteiger partial charge in [0.1, 0.15) is 17.6 Å². The second-order valence-electron chi connectivity index (χ2n) is 6.50. The van der Waals surface area contributed by atoms with Gasteiger partial charge in [-0.3, -0.25) is 4.79 Å². The molecule has 0 aliphatic carbocycles. The largest absolute Gasteiger partial charge is 0.494 e. The molecule has 0 saturated carbocycles. The van der Waals surface area contributed by atoms with E-state index >= 15 is 0 Å². The summed E-state index contributed by atoms with van der Waals surface area (Å²) in [6, 6.07) is 7.88. The van der Waals surface area contributed by atoms with Crippen LogP contribution in [0.2, 0.25) is 0 Å². The summed E-state index contributed by atoms with van der Waals surface area (Å²) in [5.74, 6) is 1.05. The molecular formula is C19H21BrN2O5S. The fraction of sp³-hybridized carbons (Fsp3) is 0.316. The molecule has 0 unspecified atom stereocenters. The number of hydrogen-bond donors (Lipinski definition) is 2. The molecule has 1 aliphatic heterocycles. The number of rotatable bonds is 6. The van der Waals surface area contributed by atoms with Crippen LogP contribution in [0.25, 0.3) is 0 Å². The Morgan fingerprint density at radius 3 is 2.79 bits per heavy atom. The third-order valence-electron chi connectivity index (χ3n) is 4.33. The second kappa shape index (κ2) is 8.10. The lowest BCUT2D eigenvalue weighted by Gasteiger charge is -2.14. The Kier molecular flexibility index (Phi) is 5.97. The number of benzene rings is 2. The van der Waals surface area contributed by atoms with E-state index in [9.17, 15) is 13.2 Å². The van der Waals surface area contributed by atoms with Crippen molar-refractivity contribution in [3.8, 4) is 11.5 Å². The van der Waals surface area contributed by atoms with Crippen LogP contribution in [0.4, 0.5) is 0 Å². The number of ether oxygens (including phenoxy) is 2. The number of nitrogens with two attached hydrogens (primary N) is 1. The zero-order chi connectivity index (χ0) is 20.5. The quantitative estimate of drug-likeness (QED) is 0.677. The molecule has 0 fully saturated rings. The van der Waals surface area contributed by atoms with E-state index in [4.69, 9.17) is 14.6 Å². The van der Waals surface area contributed by atoms with Crippen molar-refractivity contribution < 1.29 is 22.7 Å². The van der Waals surface area contributed by atoms with Gasteiger partial charge in [-0.25, -0.2) is 13.6 Å². The molecule has 1 amide bonds. The third-order valence-corrected chi connectivity index (χ3v) is 5.93. The smallest absolute Gasteiger partial charge is 0.252 e. The van der Waals surface area contributed by atoms with Crippen LogP contribution in [-0.2, 0) is 23.0 Å². The van der Waals surface area contributed by atoms with E-state index in [2.05, 4.69) is 21.2 Å². The van der Waals surface area contributed by atoms with Crippen molar-refractivity contribution in [1.82, 2.24) is 5.32 Å². The Hall–Kier alpha value is -2.10. The lowest BCUT2D eigenvalue weighted by atomic mass is 10.1. The van der Waals surface area contributed by atoms with E-state index in [1.165, 1.54) is 18.2 Å². The summed E-state index contributed by atoms with van der Waals surface area (Å²) in [6.07, 6.45) is 0.918. The van der Waals surface area contributed by atoms with Crippen LogP contribution in [0.5, 0.6) is 11.5 Å². The molecule has 9 heteroatoms. The number of hydrogen-bond acceptors (Lipinski definition) is 5. The van der Waals surface area contributed by atoms with Crippen LogP contribution in [0.3, 0.4) is 0 Å². The fourth-order valence-electron chi connectivity index (χ4n) is 3.04. The van der Waals surface area contributed by atoms with E-state index in [0.29, 0.717) is 16.8 Å². The molecule has 1 aliphatic rings. The minimum absolute atomic E-state index is 0.103. The maximum atomic E-state index is 12.6. The molecule has 2 aromatic rings. The fourth-order valence-corrected chi connectivity index (χ4v) is 4.00. The summed E-state index contributed by atoms with van der Waals surface area (Å²) in [6.45, 7) is 4.59. The van der Waals surface area contributed by atoms with Crippen LogP contribution in [0.1, 0.15) is 35.3 Å². The summed E-state index contributed by atoms with van der Waals surface area (Å²) >= 11 is 3.27. The minimum Gasteiger partial charge on any atom is -0.494 e.